The molecule has 1 fully saturated rings. The van der Waals surface area contributed by atoms with Gasteiger partial charge >= 0.3 is 11.9 Å². The number of hydrogen-bond acceptors (Lipinski definition) is 7. The Bertz CT molecular complexity index is 621. The van der Waals surface area contributed by atoms with Crippen LogP contribution in [-0.4, -0.2) is 59.8 Å². The molecule has 0 bridgehead atoms. The fraction of sp³-hybridized carbons (Fsp3) is 0.600. The van der Waals surface area contributed by atoms with Crippen LogP contribution in [0.4, 0.5) is 22.0 Å². The molecule has 0 atom stereocenters. The fourth-order valence-corrected chi connectivity index (χ4v) is 2.35. The van der Waals surface area contributed by atoms with Gasteiger partial charge in [0.05, 0.1) is 5.69 Å². The summed E-state index contributed by atoms with van der Waals surface area (Å²) in [6.45, 7) is 7.88. The van der Waals surface area contributed by atoms with E-state index in [4.69, 9.17) is 10.5 Å². The van der Waals surface area contributed by atoms with Gasteiger partial charge in [0.25, 0.3) is 0 Å². The zero-order valence-corrected chi connectivity index (χ0v) is 14.5. The molecule has 132 valence electrons. The lowest BCUT2D eigenvalue weighted by Gasteiger charge is -2.36. The third kappa shape index (κ3) is 4.24. The predicted octanol–water partition coefficient (Wildman–Crippen LogP) is 1.69. The molecule has 1 aromatic rings. The summed E-state index contributed by atoms with van der Waals surface area (Å²) in [4.78, 5) is 36.1. The van der Waals surface area contributed by atoms with Crippen molar-refractivity contribution >= 4 is 23.3 Å². The third-order valence-electron chi connectivity index (χ3n) is 3.52. The van der Waals surface area contributed by atoms with Crippen molar-refractivity contribution in [2.45, 2.75) is 26.4 Å². The van der Waals surface area contributed by atoms with Crippen molar-refractivity contribution in [1.82, 2.24) is 9.88 Å². The van der Waals surface area contributed by atoms with Crippen molar-refractivity contribution in [2.24, 2.45) is 0 Å². The Morgan fingerprint density at radius 2 is 1.92 bits per heavy atom. The summed E-state index contributed by atoms with van der Waals surface area (Å²) in [5, 5.41) is 0. The molecule has 0 saturated carbocycles. The maximum atomic E-state index is 12.1. The number of nitrogens with zero attached hydrogens (tertiary/aromatic N) is 4. The summed E-state index contributed by atoms with van der Waals surface area (Å²) in [7, 11) is 1.25. The Balaban J connectivity index is 1.98. The number of rotatable bonds is 3. The first-order valence-electron chi connectivity index (χ1n) is 7.71. The van der Waals surface area contributed by atoms with Crippen LogP contribution in [0.5, 0.6) is 0 Å². The van der Waals surface area contributed by atoms with Crippen LogP contribution < -0.4 is 10.6 Å². The molecule has 0 aliphatic carbocycles. The molecule has 1 aliphatic heterocycles. The highest BCUT2D eigenvalue weighted by Gasteiger charge is 2.27. The van der Waals surface area contributed by atoms with E-state index in [1.54, 1.807) is 17.2 Å². The summed E-state index contributed by atoms with van der Waals surface area (Å²) in [6.07, 6.45) is 1.26. The number of hydrogen-bond donors (Lipinski definition) is 1. The number of anilines is 2. The molecule has 2 N–H and O–H groups in total. The smallest absolute Gasteiger partial charge is 0.431 e. The molecule has 1 aliphatic rings. The van der Waals surface area contributed by atoms with Crippen molar-refractivity contribution < 1.29 is 19.3 Å². The highest BCUT2D eigenvalue weighted by Crippen LogP contribution is 2.25. The quantitative estimate of drug-likeness (QED) is 0.837. The maximum Gasteiger partial charge on any atom is 0.431 e. The average Bonchev–Trinajstić information content (AvgIpc) is 2.52. The molecule has 0 aromatic carbocycles. The Labute approximate surface area is 140 Å². The van der Waals surface area contributed by atoms with Crippen molar-refractivity contribution in [3.8, 4) is 0 Å². The highest BCUT2D eigenvalue weighted by atomic mass is 16.8. The minimum atomic E-state index is -0.506. The van der Waals surface area contributed by atoms with Gasteiger partial charge in [-0.3, -0.25) is 0 Å². The molecule has 1 saturated heterocycles. The lowest BCUT2D eigenvalue weighted by molar-refractivity contribution is -0.738. The second-order valence-electron chi connectivity index (χ2n) is 6.50. The average molecular weight is 338 g/mol. The SMILES string of the molecule is CO[N+](=O)c1ncc(N2CCN(C(=O)OC(C)(C)C)CC2)cc1N. The van der Waals surface area contributed by atoms with E-state index in [1.165, 1.54) is 7.11 Å². The number of nitrogens with two attached hydrogens (primary N) is 1. The normalized spacial score (nSPS) is 15.2. The van der Waals surface area contributed by atoms with Crippen molar-refractivity contribution in [3.05, 3.63) is 17.2 Å². The molecular formula is C15H24N5O4+. The topological polar surface area (TPSA) is 101 Å². The molecule has 0 spiro atoms. The van der Waals surface area contributed by atoms with E-state index in [0.717, 1.165) is 5.69 Å². The second-order valence-corrected chi connectivity index (χ2v) is 6.50. The van der Waals surface area contributed by atoms with E-state index in [1.807, 2.05) is 20.8 Å². The van der Waals surface area contributed by atoms with Crippen LogP contribution in [0.25, 0.3) is 0 Å². The zero-order valence-electron chi connectivity index (χ0n) is 14.5. The highest BCUT2D eigenvalue weighted by molar-refractivity contribution is 5.69. The first kappa shape index (κ1) is 17.8. The Hall–Kier alpha value is -2.58. The first-order chi connectivity index (χ1) is 11.2. The van der Waals surface area contributed by atoms with Gasteiger partial charge in [0.2, 0.25) is 0 Å². The zero-order chi connectivity index (χ0) is 17.9. The molecular weight excluding hydrogens is 314 g/mol. The van der Waals surface area contributed by atoms with Crippen LogP contribution in [0, 0.1) is 4.91 Å². The van der Waals surface area contributed by atoms with E-state index in [9.17, 15) is 9.70 Å². The molecule has 2 rings (SSSR count). The van der Waals surface area contributed by atoms with Crippen LogP contribution in [0.1, 0.15) is 20.8 Å². The van der Waals surface area contributed by atoms with Gasteiger partial charge in [0, 0.05) is 26.2 Å². The molecule has 2 heterocycles. The minimum absolute atomic E-state index is 0.0219. The fourth-order valence-electron chi connectivity index (χ4n) is 2.35. The summed E-state index contributed by atoms with van der Waals surface area (Å²) in [5.41, 5.74) is 6.38. The standard InChI is InChI=1S/C15H24N5O4/c1-15(2,3)24-14(21)19-7-5-18(6-8-19)11-9-12(16)13(17-10-11)20(22)23-4/h9-10H,5-8,16H2,1-4H3/q+1. The van der Waals surface area contributed by atoms with Crippen molar-refractivity contribution in [3.63, 3.8) is 0 Å². The lowest BCUT2D eigenvalue weighted by Crippen LogP contribution is -2.50. The maximum absolute atomic E-state index is 12.1. The Kier molecular flexibility index (Phi) is 5.10. The number of aromatic nitrogens is 1. The lowest BCUT2D eigenvalue weighted by atomic mass is 10.2. The number of amides is 1. The van der Waals surface area contributed by atoms with Crippen LogP contribution in [-0.2, 0) is 9.57 Å². The summed E-state index contributed by atoms with van der Waals surface area (Å²) < 4.78 is 5.37. The Morgan fingerprint density at radius 1 is 1.29 bits per heavy atom. The van der Waals surface area contributed by atoms with Crippen LogP contribution in [0.2, 0.25) is 0 Å². The predicted molar refractivity (Wildman–Crippen MR) is 89.0 cm³/mol. The number of nitrogen functional groups attached to an aromatic ring is 1. The summed E-state index contributed by atoms with van der Waals surface area (Å²) in [6, 6.07) is 1.68. The largest absolute Gasteiger partial charge is 0.444 e. The van der Waals surface area contributed by atoms with Crippen LogP contribution in [0.3, 0.4) is 0 Å². The number of carbonyl (C=O) groups excluding carboxylic acids is 1. The van der Waals surface area contributed by atoms with Crippen molar-refractivity contribution in [1.29, 1.82) is 0 Å². The van der Waals surface area contributed by atoms with Gasteiger partial charge in [-0.25, -0.2) is 4.79 Å². The van der Waals surface area contributed by atoms with Gasteiger partial charge in [0.1, 0.15) is 18.4 Å². The van der Waals surface area contributed by atoms with Gasteiger partial charge in [0.15, 0.2) is 11.1 Å². The molecule has 9 nitrogen and oxygen atoms in total. The van der Waals surface area contributed by atoms with E-state index >= 15 is 0 Å². The molecule has 0 unspecified atom stereocenters. The van der Waals surface area contributed by atoms with Gasteiger partial charge in [-0.05, 0) is 36.7 Å². The monoisotopic (exact) mass is 338 g/mol. The van der Waals surface area contributed by atoms with Gasteiger partial charge in [-0.15, -0.1) is 0 Å². The van der Waals surface area contributed by atoms with Crippen LogP contribution in [0.15, 0.2) is 12.3 Å². The third-order valence-corrected chi connectivity index (χ3v) is 3.52. The number of ether oxygens (including phenoxy) is 1. The van der Waals surface area contributed by atoms with Crippen LogP contribution >= 0.6 is 0 Å². The molecule has 24 heavy (non-hydrogen) atoms. The molecule has 9 heteroatoms. The first-order valence-corrected chi connectivity index (χ1v) is 7.71. The number of piperazine rings is 1. The van der Waals surface area contributed by atoms with E-state index in [0.29, 0.717) is 26.2 Å². The second kappa shape index (κ2) is 6.90. The van der Waals surface area contributed by atoms with Gasteiger partial charge < -0.3 is 25.1 Å². The molecule has 0 radical (unpaired) electrons. The van der Waals surface area contributed by atoms with E-state index in [2.05, 4.69) is 14.7 Å². The minimum Gasteiger partial charge on any atom is -0.444 e. The molecule has 1 aromatic heterocycles. The Morgan fingerprint density at radius 3 is 2.42 bits per heavy atom. The number of carbonyl (C=O) groups is 1. The van der Waals surface area contributed by atoms with Gasteiger partial charge in [-0.2, -0.15) is 0 Å². The van der Waals surface area contributed by atoms with Crippen molar-refractivity contribution in [2.75, 3.05) is 43.9 Å². The summed E-state index contributed by atoms with van der Waals surface area (Å²) in [5.74, 6) is 0.0219. The van der Waals surface area contributed by atoms with E-state index in [-0.39, 0.29) is 22.5 Å². The van der Waals surface area contributed by atoms with E-state index < -0.39 is 5.60 Å². The number of pyridine rings is 1. The van der Waals surface area contributed by atoms with Gasteiger partial charge in [-0.1, -0.05) is 0 Å². The molecule has 1 amide bonds. The summed E-state index contributed by atoms with van der Waals surface area (Å²) >= 11 is 0.